The Balaban J connectivity index is 1.59. The predicted molar refractivity (Wildman–Crippen MR) is 70.5 cm³/mol. The van der Waals surface area contributed by atoms with E-state index >= 15 is 0 Å². The molecule has 0 amide bonds. The van der Waals surface area contributed by atoms with Gasteiger partial charge in [-0.15, -0.1) is 0 Å². The van der Waals surface area contributed by atoms with E-state index in [9.17, 15) is 0 Å². The van der Waals surface area contributed by atoms with Crippen LogP contribution in [0.5, 0.6) is 0 Å². The van der Waals surface area contributed by atoms with Gasteiger partial charge in [-0.3, -0.25) is 0 Å². The van der Waals surface area contributed by atoms with Gasteiger partial charge >= 0.3 is 0 Å². The van der Waals surface area contributed by atoms with E-state index in [1.54, 1.807) is 0 Å². The Hall–Kier alpha value is -1.88. The van der Waals surface area contributed by atoms with Gasteiger partial charge in [-0.05, 0) is 37.0 Å². The molecule has 100 valence electrons. The average molecular weight is 259 g/mol. The molecule has 1 saturated heterocycles. The minimum Gasteiger partial charge on any atom is -0.399 e. The zero-order valence-electron chi connectivity index (χ0n) is 10.7. The van der Waals surface area contributed by atoms with Crippen molar-refractivity contribution in [2.24, 2.45) is 0 Å². The summed E-state index contributed by atoms with van der Waals surface area (Å²) in [5, 5.41) is 3.99. The molecule has 3 rings (SSSR count). The Labute approximate surface area is 111 Å². The second-order valence-corrected chi connectivity index (χ2v) is 4.79. The van der Waals surface area contributed by atoms with Crippen molar-refractivity contribution >= 4 is 5.69 Å². The maximum absolute atomic E-state index is 5.65. The molecule has 0 radical (unpaired) electrons. The first-order valence-corrected chi connectivity index (χ1v) is 6.60. The van der Waals surface area contributed by atoms with Gasteiger partial charge in [0.15, 0.2) is 0 Å². The first kappa shape index (κ1) is 12.2. The minimum absolute atomic E-state index is 0.0222. The van der Waals surface area contributed by atoms with Crippen molar-refractivity contribution in [1.82, 2.24) is 10.1 Å². The SMILES string of the molecule is Nc1ccc(CCc2nc(C3CCCO3)no2)cc1. The van der Waals surface area contributed by atoms with E-state index in [-0.39, 0.29) is 6.10 Å². The Morgan fingerprint density at radius 1 is 1.21 bits per heavy atom. The fraction of sp³-hybridized carbons (Fsp3) is 0.429. The molecule has 2 N–H and O–H groups in total. The summed E-state index contributed by atoms with van der Waals surface area (Å²) in [5.41, 5.74) is 7.65. The number of ether oxygens (including phenoxy) is 1. The summed E-state index contributed by atoms with van der Waals surface area (Å²) in [6, 6.07) is 7.85. The van der Waals surface area contributed by atoms with Crippen molar-refractivity contribution in [2.75, 3.05) is 12.3 Å². The third-order valence-electron chi connectivity index (χ3n) is 3.31. The normalized spacial score (nSPS) is 18.8. The van der Waals surface area contributed by atoms with E-state index in [0.29, 0.717) is 11.7 Å². The molecular weight excluding hydrogens is 242 g/mol. The maximum atomic E-state index is 5.65. The molecule has 1 aliphatic rings. The largest absolute Gasteiger partial charge is 0.399 e. The van der Waals surface area contributed by atoms with Crippen molar-refractivity contribution in [1.29, 1.82) is 0 Å². The lowest BCUT2D eigenvalue weighted by Gasteiger charge is -2.01. The van der Waals surface area contributed by atoms with E-state index < -0.39 is 0 Å². The highest BCUT2D eigenvalue weighted by Gasteiger charge is 2.22. The third-order valence-corrected chi connectivity index (χ3v) is 3.31. The molecule has 0 bridgehead atoms. The number of nitrogens with two attached hydrogens (primary N) is 1. The van der Waals surface area contributed by atoms with Gasteiger partial charge in [0.1, 0.15) is 6.10 Å². The fourth-order valence-electron chi connectivity index (χ4n) is 2.22. The first-order valence-electron chi connectivity index (χ1n) is 6.60. The Morgan fingerprint density at radius 3 is 2.79 bits per heavy atom. The lowest BCUT2D eigenvalue weighted by molar-refractivity contribution is 0.103. The quantitative estimate of drug-likeness (QED) is 0.853. The smallest absolute Gasteiger partial charge is 0.227 e. The summed E-state index contributed by atoms with van der Waals surface area (Å²) < 4.78 is 10.8. The molecular formula is C14H17N3O2. The zero-order chi connectivity index (χ0) is 13.1. The van der Waals surface area contributed by atoms with Gasteiger partial charge < -0.3 is 15.0 Å². The summed E-state index contributed by atoms with van der Waals surface area (Å²) >= 11 is 0. The van der Waals surface area contributed by atoms with Gasteiger partial charge in [0.05, 0.1) is 0 Å². The monoisotopic (exact) mass is 259 g/mol. The summed E-state index contributed by atoms with van der Waals surface area (Å²) in [5.74, 6) is 1.35. The summed E-state index contributed by atoms with van der Waals surface area (Å²) in [7, 11) is 0. The summed E-state index contributed by atoms with van der Waals surface area (Å²) in [4.78, 5) is 4.40. The van der Waals surface area contributed by atoms with Crippen LogP contribution in [0.1, 0.15) is 36.2 Å². The van der Waals surface area contributed by atoms with Gasteiger partial charge in [0.25, 0.3) is 0 Å². The topological polar surface area (TPSA) is 74.2 Å². The molecule has 0 saturated carbocycles. The molecule has 19 heavy (non-hydrogen) atoms. The van der Waals surface area contributed by atoms with Crippen LogP contribution in [-0.2, 0) is 17.6 Å². The fourth-order valence-corrected chi connectivity index (χ4v) is 2.22. The molecule has 0 spiro atoms. The van der Waals surface area contributed by atoms with Crippen molar-refractivity contribution < 1.29 is 9.26 Å². The van der Waals surface area contributed by atoms with Gasteiger partial charge in [0.2, 0.25) is 11.7 Å². The van der Waals surface area contributed by atoms with Crippen LogP contribution in [0.2, 0.25) is 0 Å². The molecule has 1 fully saturated rings. The van der Waals surface area contributed by atoms with E-state index in [1.807, 2.05) is 24.3 Å². The first-order chi connectivity index (χ1) is 9.31. The standard InChI is InChI=1S/C14H17N3O2/c15-11-6-3-10(4-7-11)5-8-13-16-14(17-19-13)12-2-1-9-18-12/h3-4,6-7,12H,1-2,5,8-9,15H2. The molecule has 2 heterocycles. The minimum atomic E-state index is 0.0222. The highest BCUT2D eigenvalue weighted by Crippen LogP contribution is 2.26. The molecule has 2 aromatic rings. The number of aromatic nitrogens is 2. The number of hydrogen-bond donors (Lipinski definition) is 1. The van der Waals surface area contributed by atoms with E-state index in [4.69, 9.17) is 15.0 Å². The van der Waals surface area contributed by atoms with Crippen LogP contribution >= 0.6 is 0 Å². The highest BCUT2D eigenvalue weighted by molar-refractivity contribution is 5.39. The van der Waals surface area contributed by atoms with Crippen LogP contribution in [0, 0.1) is 0 Å². The van der Waals surface area contributed by atoms with Crippen LogP contribution in [-0.4, -0.2) is 16.7 Å². The van der Waals surface area contributed by atoms with Gasteiger partial charge in [-0.2, -0.15) is 4.98 Å². The highest BCUT2D eigenvalue weighted by atomic mass is 16.5. The van der Waals surface area contributed by atoms with Gasteiger partial charge in [-0.1, -0.05) is 17.3 Å². The van der Waals surface area contributed by atoms with Crippen molar-refractivity contribution in [3.8, 4) is 0 Å². The number of anilines is 1. The summed E-state index contributed by atoms with van der Waals surface area (Å²) in [6.07, 6.45) is 3.68. The second-order valence-electron chi connectivity index (χ2n) is 4.79. The summed E-state index contributed by atoms with van der Waals surface area (Å²) in [6.45, 7) is 0.792. The number of benzene rings is 1. The van der Waals surface area contributed by atoms with E-state index in [2.05, 4.69) is 10.1 Å². The van der Waals surface area contributed by atoms with E-state index in [1.165, 1.54) is 5.56 Å². The maximum Gasteiger partial charge on any atom is 0.227 e. The number of nitrogen functional groups attached to an aromatic ring is 1. The number of hydrogen-bond acceptors (Lipinski definition) is 5. The molecule has 5 heteroatoms. The molecule has 1 aromatic carbocycles. The van der Waals surface area contributed by atoms with Crippen LogP contribution in [0.25, 0.3) is 0 Å². The molecule has 0 aliphatic carbocycles. The van der Waals surface area contributed by atoms with Crippen LogP contribution in [0.4, 0.5) is 5.69 Å². The average Bonchev–Trinajstić information content (AvgIpc) is 3.09. The van der Waals surface area contributed by atoms with Crippen LogP contribution in [0.15, 0.2) is 28.8 Å². The van der Waals surface area contributed by atoms with Crippen molar-refractivity contribution in [3.05, 3.63) is 41.5 Å². The molecule has 1 atom stereocenters. The van der Waals surface area contributed by atoms with Crippen molar-refractivity contribution in [3.63, 3.8) is 0 Å². The third kappa shape index (κ3) is 2.93. The lowest BCUT2D eigenvalue weighted by Crippen LogP contribution is -1.99. The number of rotatable bonds is 4. The predicted octanol–water partition coefficient (Wildman–Crippen LogP) is 2.29. The molecule has 1 unspecified atom stereocenters. The lowest BCUT2D eigenvalue weighted by atomic mass is 10.1. The molecule has 1 aromatic heterocycles. The Bertz CT molecular complexity index is 530. The second kappa shape index (κ2) is 5.40. The zero-order valence-corrected chi connectivity index (χ0v) is 10.7. The van der Waals surface area contributed by atoms with E-state index in [0.717, 1.165) is 38.0 Å². The van der Waals surface area contributed by atoms with Crippen molar-refractivity contribution in [2.45, 2.75) is 31.8 Å². The number of nitrogens with zero attached hydrogens (tertiary/aromatic N) is 2. The number of aryl methyl sites for hydroxylation is 2. The molecule has 1 aliphatic heterocycles. The molecule has 5 nitrogen and oxygen atoms in total. The van der Waals surface area contributed by atoms with Gasteiger partial charge in [-0.25, -0.2) is 0 Å². The Kier molecular flexibility index (Phi) is 3.46. The Morgan fingerprint density at radius 2 is 2.05 bits per heavy atom. The van der Waals surface area contributed by atoms with Crippen LogP contribution < -0.4 is 5.73 Å². The van der Waals surface area contributed by atoms with Crippen LogP contribution in [0.3, 0.4) is 0 Å². The van der Waals surface area contributed by atoms with Gasteiger partial charge in [0, 0.05) is 18.7 Å².